The number of pyridine rings is 1. The maximum absolute atomic E-state index is 11.3. The maximum Gasteiger partial charge on any atom is 0.326 e. The van der Waals surface area contributed by atoms with Crippen LogP contribution in [0.1, 0.15) is 13.3 Å². The molecule has 1 heterocycles. The van der Waals surface area contributed by atoms with Gasteiger partial charge in [0.15, 0.2) is 0 Å². The van der Waals surface area contributed by atoms with E-state index >= 15 is 0 Å². The van der Waals surface area contributed by atoms with Crippen molar-refractivity contribution in [3.05, 3.63) is 36.5 Å². The van der Waals surface area contributed by atoms with E-state index in [4.69, 9.17) is 5.11 Å². The van der Waals surface area contributed by atoms with Gasteiger partial charge in [-0.25, -0.2) is 4.79 Å². The van der Waals surface area contributed by atoms with Crippen molar-refractivity contribution in [2.75, 3.05) is 11.4 Å². The molecule has 0 spiro atoms. The number of anilines is 1. The number of fused-ring (bicyclic) bond motifs is 1. The van der Waals surface area contributed by atoms with Crippen LogP contribution in [-0.4, -0.2) is 39.7 Å². The van der Waals surface area contributed by atoms with Gasteiger partial charge in [-0.1, -0.05) is 18.2 Å². The first-order valence-electron chi connectivity index (χ1n) is 6.55. The Bertz CT molecular complexity index is 666. The van der Waals surface area contributed by atoms with Crippen molar-refractivity contribution in [2.45, 2.75) is 19.4 Å². The van der Waals surface area contributed by atoms with Gasteiger partial charge in [-0.3, -0.25) is 9.78 Å². The number of carbonyl (C=O) groups is 2. The van der Waals surface area contributed by atoms with E-state index < -0.39 is 18.0 Å². The maximum atomic E-state index is 11.3. The Morgan fingerprint density at radius 3 is 2.62 bits per heavy atom. The van der Waals surface area contributed by atoms with Crippen LogP contribution < -0.4 is 4.90 Å². The fraction of sp³-hybridized carbons (Fsp3) is 0.267. The van der Waals surface area contributed by atoms with Gasteiger partial charge in [-0.05, 0) is 19.1 Å². The van der Waals surface area contributed by atoms with Crippen LogP contribution >= 0.6 is 0 Å². The molecule has 6 heteroatoms. The molecule has 1 aromatic heterocycles. The van der Waals surface area contributed by atoms with Crippen molar-refractivity contribution in [3.63, 3.8) is 0 Å². The van der Waals surface area contributed by atoms with Gasteiger partial charge in [-0.15, -0.1) is 0 Å². The molecule has 0 aliphatic heterocycles. The number of rotatable bonds is 6. The molecule has 0 aliphatic carbocycles. The number of carboxylic acid groups (broad SMARTS) is 2. The number of aromatic nitrogens is 1. The van der Waals surface area contributed by atoms with Gasteiger partial charge in [-0.2, -0.15) is 0 Å². The second-order valence-corrected chi connectivity index (χ2v) is 4.70. The standard InChI is InChI=1S/C15H16N2O4/c1-10(15(20)21)17(9-7-13(18)19)12-6-2-4-11-5-3-8-16-14(11)12/h2-6,8,10H,7,9H2,1H3,(H,18,19)(H,20,21). The zero-order chi connectivity index (χ0) is 15.4. The largest absolute Gasteiger partial charge is 0.481 e. The van der Waals surface area contributed by atoms with Gasteiger partial charge in [0, 0.05) is 18.1 Å². The quantitative estimate of drug-likeness (QED) is 0.844. The Balaban J connectivity index is 2.47. The van der Waals surface area contributed by atoms with Gasteiger partial charge in [0.2, 0.25) is 0 Å². The minimum atomic E-state index is -1.01. The zero-order valence-corrected chi connectivity index (χ0v) is 11.6. The molecule has 0 bridgehead atoms. The number of benzene rings is 1. The predicted molar refractivity (Wildman–Crippen MR) is 78.4 cm³/mol. The lowest BCUT2D eigenvalue weighted by Crippen LogP contribution is -2.40. The summed E-state index contributed by atoms with van der Waals surface area (Å²) in [7, 11) is 0. The van der Waals surface area contributed by atoms with Gasteiger partial charge in [0.1, 0.15) is 6.04 Å². The average Bonchev–Trinajstić information content (AvgIpc) is 2.47. The van der Waals surface area contributed by atoms with Crippen LogP contribution in [-0.2, 0) is 9.59 Å². The number of aliphatic carboxylic acids is 2. The number of hydrogen-bond acceptors (Lipinski definition) is 4. The van der Waals surface area contributed by atoms with Crippen molar-refractivity contribution < 1.29 is 19.8 Å². The Hall–Kier alpha value is -2.63. The van der Waals surface area contributed by atoms with E-state index in [0.717, 1.165) is 5.39 Å². The third-order valence-corrected chi connectivity index (χ3v) is 3.31. The fourth-order valence-corrected chi connectivity index (χ4v) is 2.19. The average molecular weight is 288 g/mol. The molecule has 1 atom stereocenters. The molecular weight excluding hydrogens is 272 g/mol. The minimum absolute atomic E-state index is 0.110. The lowest BCUT2D eigenvalue weighted by atomic mass is 10.1. The van der Waals surface area contributed by atoms with Crippen LogP contribution in [0.25, 0.3) is 10.9 Å². The van der Waals surface area contributed by atoms with E-state index in [-0.39, 0.29) is 13.0 Å². The number of hydrogen-bond donors (Lipinski definition) is 2. The van der Waals surface area contributed by atoms with Crippen molar-refractivity contribution in [3.8, 4) is 0 Å². The van der Waals surface area contributed by atoms with E-state index in [1.807, 2.05) is 18.2 Å². The fourth-order valence-electron chi connectivity index (χ4n) is 2.19. The molecular formula is C15H16N2O4. The highest BCUT2D eigenvalue weighted by Gasteiger charge is 2.23. The first-order valence-corrected chi connectivity index (χ1v) is 6.55. The lowest BCUT2D eigenvalue weighted by Gasteiger charge is -2.28. The van der Waals surface area contributed by atoms with E-state index in [9.17, 15) is 14.7 Å². The summed E-state index contributed by atoms with van der Waals surface area (Å²) in [5.74, 6) is -1.97. The first kappa shape index (κ1) is 14.8. The normalized spacial score (nSPS) is 12.0. The molecule has 2 rings (SSSR count). The molecule has 0 fully saturated rings. The molecule has 0 amide bonds. The molecule has 1 aromatic carbocycles. The highest BCUT2D eigenvalue weighted by atomic mass is 16.4. The summed E-state index contributed by atoms with van der Waals surface area (Å²) in [6.45, 7) is 1.64. The number of carboxylic acids is 2. The molecule has 21 heavy (non-hydrogen) atoms. The van der Waals surface area contributed by atoms with Crippen molar-refractivity contribution >= 4 is 28.5 Å². The SMILES string of the molecule is CC(C(=O)O)N(CCC(=O)O)c1cccc2cccnc12. The summed E-state index contributed by atoms with van der Waals surface area (Å²) < 4.78 is 0. The second kappa shape index (κ2) is 6.21. The van der Waals surface area contributed by atoms with Crippen molar-refractivity contribution in [1.82, 2.24) is 4.98 Å². The summed E-state index contributed by atoms with van der Waals surface area (Å²) in [6, 6.07) is 8.29. The number of para-hydroxylation sites is 1. The summed E-state index contributed by atoms with van der Waals surface area (Å²) in [5, 5.41) is 19.0. The summed E-state index contributed by atoms with van der Waals surface area (Å²) in [4.78, 5) is 27.9. The van der Waals surface area contributed by atoms with Gasteiger partial charge in [0.05, 0.1) is 17.6 Å². The molecule has 2 N–H and O–H groups in total. The molecule has 0 radical (unpaired) electrons. The van der Waals surface area contributed by atoms with Crippen LogP contribution in [0.4, 0.5) is 5.69 Å². The van der Waals surface area contributed by atoms with E-state index in [2.05, 4.69) is 4.98 Å². The van der Waals surface area contributed by atoms with Crippen LogP contribution in [0.2, 0.25) is 0 Å². The first-order chi connectivity index (χ1) is 10.0. The molecule has 6 nitrogen and oxygen atoms in total. The summed E-state index contributed by atoms with van der Waals surface area (Å²) in [6.07, 6.45) is 1.49. The van der Waals surface area contributed by atoms with E-state index in [1.54, 1.807) is 23.2 Å². The van der Waals surface area contributed by atoms with E-state index in [1.165, 1.54) is 6.92 Å². The molecule has 110 valence electrons. The van der Waals surface area contributed by atoms with Gasteiger partial charge in [0.25, 0.3) is 0 Å². The van der Waals surface area contributed by atoms with Crippen molar-refractivity contribution in [1.29, 1.82) is 0 Å². The van der Waals surface area contributed by atoms with Crippen molar-refractivity contribution in [2.24, 2.45) is 0 Å². The third kappa shape index (κ3) is 3.28. The third-order valence-electron chi connectivity index (χ3n) is 3.31. The smallest absolute Gasteiger partial charge is 0.326 e. The van der Waals surface area contributed by atoms with Gasteiger partial charge < -0.3 is 15.1 Å². The summed E-state index contributed by atoms with van der Waals surface area (Å²) >= 11 is 0. The molecule has 0 saturated carbocycles. The number of nitrogens with zero attached hydrogens (tertiary/aromatic N) is 2. The van der Waals surface area contributed by atoms with Gasteiger partial charge >= 0.3 is 11.9 Å². The Morgan fingerprint density at radius 2 is 1.95 bits per heavy atom. The summed E-state index contributed by atoms with van der Waals surface area (Å²) in [5.41, 5.74) is 1.29. The molecule has 0 saturated heterocycles. The van der Waals surface area contributed by atoms with Crippen LogP contribution in [0, 0.1) is 0 Å². The topological polar surface area (TPSA) is 90.7 Å². The Kier molecular flexibility index (Phi) is 4.37. The predicted octanol–water partition coefficient (Wildman–Crippen LogP) is 1.99. The highest BCUT2D eigenvalue weighted by molar-refractivity contribution is 5.92. The monoisotopic (exact) mass is 288 g/mol. The second-order valence-electron chi connectivity index (χ2n) is 4.70. The Labute approximate surface area is 121 Å². The van der Waals surface area contributed by atoms with E-state index in [0.29, 0.717) is 11.2 Å². The molecule has 2 aromatic rings. The lowest BCUT2D eigenvalue weighted by molar-refractivity contribution is -0.139. The van der Waals surface area contributed by atoms with Crippen LogP contribution in [0.15, 0.2) is 36.5 Å². The molecule has 1 unspecified atom stereocenters. The van der Waals surface area contributed by atoms with Crippen LogP contribution in [0.5, 0.6) is 0 Å². The highest BCUT2D eigenvalue weighted by Crippen LogP contribution is 2.26. The zero-order valence-electron chi connectivity index (χ0n) is 11.6. The molecule has 0 aliphatic rings. The van der Waals surface area contributed by atoms with Crippen LogP contribution in [0.3, 0.4) is 0 Å². The minimum Gasteiger partial charge on any atom is -0.481 e. The Morgan fingerprint density at radius 1 is 1.24 bits per heavy atom.